The van der Waals surface area contributed by atoms with Crippen molar-refractivity contribution in [2.45, 2.75) is 104 Å². The molecule has 4 fully saturated rings. The van der Waals surface area contributed by atoms with Gasteiger partial charge in [0.05, 0.1) is 41.0 Å². The van der Waals surface area contributed by atoms with Crippen LogP contribution in [0.1, 0.15) is 114 Å². The number of hydrogen-bond donors (Lipinski definition) is 3. The van der Waals surface area contributed by atoms with E-state index in [2.05, 4.69) is 42.8 Å². The van der Waals surface area contributed by atoms with Crippen molar-refractivity contribution in [2.75, 3.05) is 135 Å². The van der Waals surface area contributed by atoms with E-state index in [0.717, 1.165) is 35.3 Å². The molecule has 0 aromatic heterocycles. The number of benzene rings is 4. The zero-order valence-electron chi connectivity index (χ0n) is 54.9. The van der Waals surface area contributed by atoms with Crippen molar-refractivity contribution in [3.8, 4) is 0 Å². The molecular formula is C67H97Cl7F2N10O5. The zero-order valence-corrected chi connectivity index (χ0v) is 60.2. The Morgan fingerprint density at radius 3 is 1.31 bits per heavy atom. The summed E-state index contributed by atoms with van der Waals surface area (Å²) in [6, 6.07) is 21.4. The van der Waals surface area contributed by atoms with Crippen molar-refractivity contribution in [1.29, 1.82) is 0 Å². The summed E-state index contributed by atoms with van der Waals surface area (Å²) in [5, 5.41) is 13.8. The molecule has 4 N–H and O–H groups in total. The lowest BCUT2D eigenvalue weighted by molar-refractivity contribution is -0.137. The van der Waals surface area contributed by atoms with Gasteiger partial charge in [0, 0.05) is 154 Å². The van der Waals surface area contributed by atoms with E-state index in [1.165, 1.54) is 12.1 Å². The average Bonchev–Trinajstić information content (AvgIpc) is 1.85. The number of carboxylic acids is 1. The number of nitrogens with zero attached hydrogens (tertiary/aromatic N) is 8. The molecule has 0 radical (unpaired) electrons. The number of carboxylic acid groups (broad SMARTS) is 1. The van der Waals surface area contributed by atoms with Gasteiger partial charge in [-0.05, 0) is 121 Å². The molecule has 3 amide bonds. The number of carbonyl (C=O) groups excluding carboxylic acids is 3. The molecule has 0 unspecified atom stereocenters. The molecule has 24 heteroatoms. The van der Waals surface area contributed by atoms with E-state index >= 15 is 4.39 Å². The number of nitrogens with two attached hydrogens (primary N) is 1. The first kappa shape index (κ1) is 79.5. The van der Waals surface area contributed by atoms with Gasteiger partial charge in [0.1, 0.15) is 11.6 Å². The van der Waals surface area contributed by atoms with Crippen LogP contribution in [0.5, 0.6) is 0 Å². The molecule has 6 atom stereocenters. The number of anilines is 2. The number of nitrogens with one attached hydrogen (secondary N) is 1. The largest absolute Gasteiger partial charge is 0.481 e. The summed E-state index contributed by atoms with van der Waals surface area (Å²) >= 11 is 35.0. The maximum atomic E-state index is 15.5. The number of likely N-dealkylation sites (tertiary alicyclic amines) is 2. The van der Waals surface area contributed by atoms with Crippen molar-refractivity contribution in [3.05, 3.63) is 127 Å². The van der Waals surface area contributed by atoms with Gasteiger partial charge in [0.15, 0.2) is 0 Å². The van der Waals surface area contributed by atoms with Gasteiger partial charge in [0.25, 0.3) is 0 Å². The highest BCUT2D eigenvalue weighted by Crippen LogP contribution is 2.42. The Balaban J connectivity index is 0.000000334. The van der Waals surface area contributed by atoms with Gasteiger partial charge in [-0.25, -0.2) is 8.78 Å². The summed E-state index contributed by atoms with van der Waals surface area (Å²) in [6.07, 6.45) is 0.603. The highest BCUT2D eigenvalue weighted by molar-refractivity contribution is 6.40. The minimum atomic E-state index is -0.737. The number of aliphatic carboxylic acids is 1. The molecule has 0 saturated carbocycles. The lowest BCUT2D eigenvalue weighted by atomic mass is 9.87. The fourth-order valence-corrected chi connectivity index (χ4v) is 13.2. The Hall–Kier alpha value is -3.95. The van der Waals surface area contributed by atoms with Crippen LogP contribution < -0.4 is 20.9 Å². The lowest BCUT2D eigenvalue weighted by Crippen LogP contribution is -2.52. The van der Waals surface area contributed by atoms with Gasteiger partial charge < -0.3 is 45.6 Å². The van der Waals surface area contributed by atoms with E-state index in [0.29, 0.717) is 129 Å². The van der Waals surface area contributed by atoms with Crippen molar-refractivity contribution in [1.82, 2.24) is 34.7 Å². The first-order valence-corrected chi connectivity index (χ1v) is 33.8. The molecule has 91 heavy (non-hydrogen) atoms. The monoisotopic (exact) mass is 1400 g/mol. The molecular weight excluding hydrogens is 1310 g/mol. The van der Waals surface area contributed by atoms with Crippen molar-refractivity contribution < 1.29 is 33.1 Å². The molecule has 0 spiro atoms. The van der Waals surface area contributed by atoms with Crippen LogP contribution in [-0.4, -0.2) is 195 Å². The van der Waals surface area contributed by atoms with Crippen LogP contribution in [0.15, 0.2) is 72.8 Å². The minimum absolute atomic E-state index is 0. The van der Waals surface area contributed by atoms with Crippen molar-refractivity contribution in [3.63, 3.8) is 0 Å². The van der Waals surface area contributed by atoms with Crippen LogP contribution in [-0.2, 0) is 19.2 Å². The predicted octanol–water partition coefficient (Wildman–Crippen LogP) is 13.1. The first-order valence-electron chi connectivity index (χ1n) is 31.2. The third-order valence-electron chi connectivity index (χ3n) is 17.3. The lowest BCUT2D eigenvalue weighted by Gasteiger charge is -2.39. The molecule has 508 valence electrons. The Labute approximate surface area is 576 Å². The third kappa shape index (κ3) is 22.6. The molecule has 4 aromatic rings. The van der Waals surface area contributed by atoms with Crippen LogP contribution in [0.2, 0.25) is 20.1 Å². The van der Waals surface area contributed by atoms with Gasteiger partial charge in [0.2, 0.25) is 17.7 Å². The standard InChI is InChI=1S/C33H46Cl2FN5O2.C28H37Cl2FN4O.C5H11NO2.CH2Cl2.ClH/c1-21(2)31(37-30(42)12-13-38(5)6)25-8-7-9-29(36)32(25)39-14-16-40(17-15-39)33(43)27-20-41(22(3)4)19-26(27)24-11-10-23(34)18-28(24)35;1-17(2)26(32)21-6-5-7-25(31)27(21)33-10-12-34(13-11-33)28(36)23-16-35(18(3)4)15-22(23)20-9-8-19(29)14-24(20)30;1-6(2)4-3-5(7)8;2-1-3;/h7-11,18,21-22,26-27,31H,12-17,19-20H2,1-6H3,(H,37,42);5-9,14,17-18,22-23,26H,10-13,15-16,32H2,1-4H3;3-4H2,1-2H3,(H,7,8);1H2;1H/t26-,27+,31+;22-,23+,26+;;;/m11.../s1. The summed E-state index contributed by atoms with van der Waals surface area (Å²) in [6.45, 7) is 25.1. The van der Waals surface area contributed by atoms with Crippen LogP contribution in [0.4, 0.5) is 20.2 Å². The van der Waals surface area contributed by atoms with Crippen LogP contribution in [0.3, 0.4) is 0 Å². The summed E-state index contributed by atoms with van der Waals surface area (Å²) in [5.41, 5.74) is 11.0. The molecule has 4 aliphatic rings. The number of amides is 3. The van der Waals surface area contributed by atoms with Crippen LogP contribution in [0, 0.1) is 35.3 Å². The second kappa shape index (κ2) is 38.0. The SMILES string of the molecule is CC(C)[C@H](N)c1cccc(F)c1N1CCN(C(=O)[C@H]2CN(C(C)C)C[C@@H]2c2ccc(Cl)cc2Cl)CC1.CC(C)[C@H](NC(=O)CCN(C)C)c1cccc(F)c1N1CCN(C(=O)[C@H]2CN(C(C)C)C[C@@H]2c2ccc(Cl)cc2Cl)CC1.CN(C)CCC(=O)O.Cl.ClCCl. The highest BCUT2D eigenvalue weighted by atomic mass is 35.5. The fraction of sp³-hybridized carbons (Fsp3) is 0.582. The normalized spacial score (nSPS) is 19.4. The fourth-order valence-electron chi connectivity index (χ4n) is 12.1. The van der Waals surface area contributed by atoms with Crippen LogP contribution in [0.25, 0.3) is 0 Å². The Kier molecular flexibility index (Phi) is 33.2. The number of halogens is 9. The number of para-hydroxylation sites is 2. The molecule has 4 aromatic carbocycles. The molecule has 4 heterocycles. The topological polar surface area (TPSA) is 152 Å². The van der Waals surface area contributed by atoms with E-state index in [-0.39, 0.29) is 101 Å². The minimum Gasteiger partial charge on any atom is -0.481 e. The van der Waals surface area contributed by atoms with Crippen molar-refractivity contribution in [2.24, 2.45) is 29.4 Å². The summed E-state index contributed by atoms with van der Waals surface area (Å²) in [7, 11) is 7.57. The quantitative estimate of drug-likeness (QED) is 0.0766. The Morgan fingerprint density at radius 1 is 0.582 bits per heavy atom. The van der Waals surface area contributed by atoms with Gasteiger partial charge in [-0.15, -0.1) is 35.6 Å². The summed E-state index contributed by atoms with van der Waals surface area (Å²) in [5.74, 6) is -1.29. The first-order chi connectivity index (χ1) is 42.5. The van der Waals surface area contributed by atoms with Gasteiger partial charge >= 0.3 is 5.97 Å². The van der Waals surface area contributed by atoms with E-state index in [1.807, 2.05) is 122 Å². The van der Waals surface area contributed by atoms with E-state index in [1.54, 1.807) is 24.3 Å². The zero-order chi connectivity index (χ0) is 66.8. The Morgan fingerprint density at radius 2 is 0.967 bits per heavy atom. The Bertz CT molecular complexity index is 2970. The van der Waals surface area contributed by atoms with E-state index in [9.17, 15) is 23.6 Å². The van der Waals surface area contributed by atoms with E-state index < -0.39 is 5.97 Å². The van der Waals surface area contributed by atoms with Gasteiger partial charge in [-0.2, -0.15) is 0 Å². The summed E-state index contributed by atoms with van der Waals surface area (Å²) < 4.78 is 30.5. The van der Waals surface area contributed by atoms with Gasteiger partial charge in [-0.1, -0.05) is 110 Å². The molecule has 0 bridgehead atoms. The van der Waals surface area contributed by atoms with Gasteiger partial charge in [-0.3, -0.25) is 29.0 Å². The average molecular weight is 1410 g/mol. The second-order valence-electron chi connectivity index (χ2n) is 25.5. The molecule has 0 aliphatic carbocycles. The smallest absolute Gasteiger partial charge is 0.304 e. The molecule has 15 nitrogen and oxygen atoms in total. The molecule has 8 rings (SSSR count). The van der Waals surface area contributed by atoms with Crippen molar-refractivity contribution >= 4 is 117 Å². The molecule has 4 saturated heterocycles. The number of piperazine rings is 2. The highest BCUT2D eigenvalue weighted by Gasteiger charge is 2.44. The predicted molar refractivity (Wildman–Crippen MR) is 374 cm³/mol. The number of rotatable bonds is 19. The molecule has 4 aliphatic heterocycles. The van der Waals surface area contributed by atoms with Crippen LogP contribution >= 0.6 is 82.0 Å². The third-order valence-corrected chi connectivity index (χ3v) is 18.4. The number of carbonyl (C=O) groups is 4. The number of alkyl halides is 2. The maximum Gasteiger partial charge on any atom is 0.304 e. The number of hydrogen-bond acceptors (Lipinski definition) is 11. The second-order valence-corrected chi connectivity index (χ2v) is 28.0. The summed E-state index contributed by atoms with van der Waals surface area (Å²) in [4.78, 5) is 66.9. The maximum absolute atomic E-state index is 15.5. The van der Waals surface area contributed by atoms with E-state index in [4.69, 9.17) is 80.4 Å².